The lowest BCUT2D eigenvalue weighted by atomic mass is 10.2. The Balaban J connectivity index is 2.27. The molecule has 0 fully saturated rings. The predicted octanol–water partition coefficient (Wildman–Crippen LogP) is 3.29. The first kappa shape index (κ1) is 12.9. The topological polar surface area (TPSA) is 46.9 Å². The predicted molar refractivity (Wildman–Crippen MR) is 72.4 cm³/mol. The summed E-state index contributed by atoms with van der Waals surface area (Å²) in [4.78, 5) is 12.1. The van der Waals surface area contributed by atoms with E-state index < -0.39 is 0 Å². The summed E-state index contributed by atoms with van der Waals surface area (Å²) >= 11 is 11.9. The summed E-state index contributed by atoms with van der Waals surface area (Å²) in [7, 11) is 1.75. The smallest absolute Gasteiger partial charge is 0.258 e. The fourth-order valence-corrected chi connectivity index (χ4v) is 1.98. The van der Waals surface area contributed by atoms with Gasteiger partial charge in [-0.25, -0.2) is 0 Å². The molecule has 0 aliphatic rings. The Morgan fingerprint density at radius 2 is 2.11 bits per heavy atom. The molecule has 0 saturated carbocycles. The monoisotopic (exact) mass is 283 g/mol. The number of hydrogen-bond donors (Lipinski definition) is 1. The fourth-order valence-electron chi connectivity index (χ4n) is 1.59. The van der Waals surface area contributed by atoms with Crippen LogP contribution in [0.4, 0.5) is 5.82 Å². The van der Waals surface area contributed by atoms with Gasteiger partial charge in [-0.1, -0.05) is 29.3 Å². The molecule has 0 unspecified atom stereocenters. The number of nitrogens with one attached hydrogen (secondary N) is 1. The van der Waals surface area contributed by atoms with Gasteiger partial charge in [0.05, 0.1) is 21.3 Å². The minimum absolute atomic E-state index is 0.246. The van der Waals surface area contributed by atoms with Crippen LogP contribution in [-0.4, -0.2) is 15.7 Å². The average molecular weight is 284 g/mol. The lowest BCUT2D eigenvalue weighted by Crippen LogP contribution is -2.15. The number of rotatable bonds is 2. The molecule has 0 bridgehead atoms. The molecule has 1 aromatic heterocycles. The number of aromatic nitrogens is 2. The van der Waals surface area contributed by atoms with Crippen LogP contribution in [0.5, 0.6) is 0 Å². The molecule has 1 heterocycles. The normalized spacial score (nSPS) is 10.4. The maximum atomic E-state index is 12.1. The molecule has 0 saturated heterocycles. The number of aryl methyl sites for hydroxylation is 2. The molecule has 0 radical (unpaired) electrons. The quantitative estimate of drug-likeness (QED) is 0.919. The molecule has 2 aromatic rings. The highest BCUT2D eigenvalue weighted by atomic mass is 35.5. The third kappa shape index (κ3) is 2.49. The number of nitrogens with zero attached hydrogens (tertiary/aromatic N) is 2. The van der Waals surface area contributed by atoms with Crippen LogP contribution in [0.1, 0.15) is 16.1 Å². The Kier molecular flexibility index (Phi) is 3.59. The Labute approximate surface area is 115 Å². The summed E-state index contributed by atoms with van der Waals surface area (Å²) in [5, 5.41) is 7.47. The second-order valence-corrected chi connectivity index (χ2v) is 4.64. The third-order valence-electron chi connectivity index (χ3n) is 2.44. The number of halogens is 2. The minimum atomic E-state index is -0.314. The molecule has 0 aliphatic heterocycles. The Morgan fingerprint density at radius 3 is 2.72 bits per heavy atom. The van der Waals surface area contributed by atoms with Gasteiger partial charge in [0.25, 0.3) is 5.91 Å². The van der Waals surface area contributed by atoms with Gasteiger partial charge >= 0.3 is 0 Å². The van der Waals surface area contributed by atoms with E-state index >= 15 is 0 Å². The van der Waals surface area contributed by atoms with E-state index in [0.29, 0.717) is 16.4 Å². The van der Waals surface area contributed by atoms with Gasteiger partial charge in [-0.05, 0) is 19.1 Å². The highest BCUT2D eigenvalue weighted by Gasteiger charge is 2.14. The highest BCUT2D eigenvalue weighted by Crippen LogP contribution is 2.26. The lowest BCUT2D eigenvalue weighted by molar-refractivity contribution is 0.102. The SMILES string of the molecule is Cc1cc(NC(=O)c2cccc(Cl)c2Cl)n(C)n1. The van der Waals surface area contributed by atoms with E-state index in [2.05, 4.69) is 10.4 Å². The highest BCUT2D eigenvalue weighted by molar-refractivity contribution is 6.44. The third-order valence-corrected chi connectivity index (χ3v) is 3.26. The number of anilines is 1. The van der Waals surface area contributed by atoms with E-state index in [9.17, 15) is 4.79 Å². The molecule has 0 aliphatic carbocycles. The van der Waals surface area contributed by atoms with Gasteiger partial charge in [0.2, 0.25) is 0 Å². The van der Waals surface area contributed by atoms with Crippen molar-refractivity contribution in [3.8, 4) is 0 Å². The van der Waals surface area contributed by atoms with Crippen molar-refractivity contribution < 1.29 is 4.79 Å². The van der Waals surface area contributed by atoms with Crippen LogP contribution in [0.15, 0.2) is 24.3 Å². The van der Waals surface area contributed by atoms with Crippen LogP contribution in [0.25, 0.3) is 0 Å². The van der Waals surface area contributed by atoms with Crippen LogP contribution in [0.3, 0.4) is 0 Å². The van der Waals surface area contributed by atoms with Crippen LogP contribution in [-0.2, 0) is 7.05 Å². The van der Waals surface area contributed by atoms with Crippen molar-refractivity contribution in [2.75, 3.05) is 5.32 Å². The van der Waals surface area contributed by atoms with Gasteiger partial charge in [0, 0.05) is 13.1 Å². The van der Waals surface area contributed by atoms with Gasteiger partial charge in [-0.3, -0.25) is 9.48 Å². The minimum Gasteiger partial charge on any atom is -0.307 e. The standard InChI is InChI=1S/C12H11Cl2N3O/c1-7-6-10(17(2)16-7)15-12(18)8-4-3-5-9(13)11(8)14/h3-6H,1-2H3,(H,15,18). The molecular weight excluding hydrogens is 273 g/mol. The van der Waals surface area contributed by atoms with Gasteiger partial charge in [0.1, 0.15) is 5.82 Å². The van der Waals surface area contributed by atoms with Crippen molar-refractivity contribution in [1.82, 2.24) is 9.78 Å². The molecule has 1 aromatic carbocycles. The van der Waals surface area contributed by atoms with Crippen molar-refractivity contribution >= 4 is 34.9 Å². The summed E-state index contributed by atoms with van der Waals surface area (Å²) in [5.74, 6) is 0.291. The van der Waals surface area contributed by atoms with Gasteiger partial charge in [0.15, 0.2) is 0 Å². The van der Waals surface area contributed by atoms with Crippen LogP contribution >= 0.6 is 23.2 Å². The number of benzene rings is 1. The second kappa shape index (κ2) is 5.00. The number of hydrogen-bond acceptors (Lipinski definition) is 2. The second-order valence-electron chi connectivity index (χ2n) is 3.85. The van der Waals surface area contributed by atoms with Crippen molar-refractivity contribution in [1.29, 1.82) is 0 Å². The van der Waals surface area contributed by atoms with Crippen molar-refractivity contribution in [3.05, 3.63) is 45.6 Å². The van der Waals surface area contributed by atoms with E-state index in [1.54, 1.807) is 36.0 Å². The van der Waals surface area contributed by atoms with Crippen molar-refractivity contribution in [2.24, 2.45) is 7.05 Å². The van der Waals surface area contributed by atoms with Crippen molar-refractivity contribution in [2.45, 2.75) is 6.92 Å². The number of carbonyl (C=O) groups excluding carboxylic acids is 1. The zero-order valence-electron chi connectivity index (χ0n) is 9.87. The molecule has 18 heavy (non-hydrogen) atoms. The van der Waals surface area contributed by atoms with E-state index in [0.717, 1.165) is 5.69 Å². The molecule has 4 nitrogen and oxygen atoms in total. The van der Waals surface area contributed by atoms with E-state index in [1.807, 2.05) is 6.92 Å². The lowest BCUT2D eigenvalue weighted by Gasteiger charge is -2.07. The molecule has 94 valence electrons. The zero-order valence-corrected chi connectivity index (χ0v) is 11.4. The van der Waals surface area contributed by atoms with E-state index in [4.69, 9.17) is 23.2 Å². The van der Waals surface area contributed by atoms with Gasteiger partial charge < -0.3 is 5.32 Å². The van der Waals surface area contributed by atoms with Gasteiger partial charge in [-0.15, -0.1) is 0 Å². The summed E-state index contributed by atoms with van der Waals surface area (Å²) < 4.78 is 1.59. The summed E-state index contributed by atoms with van der Waals surface area (Å²) in [6, 6.07) is 6.70. The Morgan fingerprint density at radius 1 is 1.39 bits per heavy atom. The first-order valence-electron chi connectivity index (χ1n) is 5.25. The van der Waals surface area contributed by atoms with E-state index in [-0.39, 0.29) is 10.9 Å². The Hall–Kier alpha value is -1.52. The summed E-state index contributed by atoms with van der Waals surface area (Å²) in [5.41, 5.74) is 1.16. The van der Waals surface area contributed by atoms with Gasteiger partial charge in [-0.2, -0.15) is 5.10 Å². The fraction of sp³-hybridized carbons (Fsp3) is 0.167. The molecule has 0 spiro atoms. The molecule has 6 heteroatoms. The number of carbonyl (C=O) groups is 1. The maximum absolute atomic E-state index is 12.1. The summed E-state index contributed by atoms with van der Waals surface area (Å²) in [6.45, 7) is 1.85. The van der Waals surface area contributed by atoms with Crippen LogP contribution in [0, 0.1) is 6.92 Å². The molecule has 0 atom stereocenters. The van der Waals surface area contributed by atoms with Crippen LogP contribution < -0.4 is 5.32 Å². The zero-order chi connectivity index (χ0) is 13.3. The first-order chi connectivity index (χ1) is 8.49. The number of amides is 1. The van der Waals surface area contributed by atoms with Crippen LogP contribution in [0.2, 0.25) is 10.0 Å². The molecule has 2 rings (SSSR count). The molecule has 1 amide bonds. The van der Waals surface area contributed by atoms with E-state index in [1.165, 1.54) is 0 Å². The maximum Gasteiger partial charge on any atom is 0.258 e. The first-order valence-corrected chi connectivity index (χ1v) is 6.00. The Bertz CT molecular complexity index is 607. The average Bonchev–Trinajstić information content (AvgIpc) is 2.61. The van der Waals surface area contributed by atoms with Crippen molar-refractivity contribution in [3.63, 3.8) is 0 Å². The molecule has 1 N–H and O–H groups in total. The molecular formula is C12H11Cl2N3O. The largest absolute Gasteiger partial charge is 0.307 e. The summed E-state index contributed by atoms with van der Waals surface area (Å²) in [6.07, 6.45) is 0.